The van der Waals surface area contributed by atoms with Crippen molar-refractivity contribution < 1.29 is 22.5 Å². The summed E-state index contributed by atoms with van der Waals surface area (Å²) in [6, 6.07) is 8.55. The molecule has 1 rings (SSSR count). The van der Waals surface area contributed by atoms with Crippen LogP contribution < -0.4 is 4.90 Å². The molecule has 0 heterocycles. The largest absolute Gasteiger partial charge is 0.442 e. The molecule has 0 aliphatic rings. The van der Waals surface area contributed by atoms with E-state index in [9.17, 15) is 17.8 Å². The van der Waals surface area contributed by atoms with Crippen molar-refractivity contribution in [1.82, 2.24) is 0 Å². The molecule has 1 N–H and O–H groups in total. The van der Waals surface area contributed by atoms with E-state index < -0.39 is 27.7 Å². The number of esters is 1. The molecule has 6 nitrogen and oxygen atoms in total. The van der Waals surface area contributed by atoms with Gasteiger partial charge in [-0.3, -0.25) is 9.35 Å². The molecule has 0 saturated carbocycles. The van der Waals surface area contributed by atoms with Crippen LogP contribution in [0.25, 0.3) is 0 Å². The second kappa shape index (κ2) is 6.03. The highest BCUT2D eigenvalue weighted by Gasteiger charge is 2.30. The first kappa shape index (κ1) is 15.5. The molecule has 0 aliphatic carbocycles. The van der Waals surface area contributed by atoms with E-state index in [4.69, 9.17) is 4.74 Å². The van der Waals surface area contributed by atoms with Crippen LogP contribution in [0.2, 0.25) is 0 Å². The second-order valence-electron chi connectivity index (χ2n) is 4.07. The Kier molecular flexibility index (Phi) is 4.90. The molecular weight excluding hydrogens is 270 g/mol. The number of hydrogen-bond acceptors (Lipinski definition) is 5. The molecule has 0 aromatic heterocycles. The van der Waals surface area contributed by atoms with Gasteiger partial charge in [0.15, 0.2) is 11.6 Å². The molecule has 0 aliphatic heterocycles. The molecule has 1 aromatic rings. The maximum Gasteiger partial charge on any atom is 0.304 e. The van der Waals surface area contributed by atoms with Crippen molar-refractivity contribution in [2.24, 2.45) is 0 Å². The summed E-state index contributed by atoms with van der Waals surface area (Å²) in [6.07, 6.45) is -0.822. The molecule has 7 heteroatoms. The lowest BCUT2D eigenvalue weighted by Crippen LogP contribution is -2.46. The quantitative estimate of drug-likeness (QED) is 0.503. The predicted octanol–water partition coefficient (Wildman–Crippen LogP) is 1.64. The maximum atomic E-state index is 11.3. The van der Waals surface area contributed by atoms with Crippen molar-refractivity contribution in [3.8, 4) is 0 Å². The third kappa shape index (κ3) is 4.22. The predicted molar refractivity (Wildman–Crippen MR) is 71.2 cm³/mol. The first-order valence-electron chi connectivity index (χ1n) is 5.70. The Bertz CT molecular complexity index is 528. The van der Waals surface area contributed by atoms with Gasteiger partial charge in [-0.15, -0.1) is 0 Å². The SMILES string of the molecule is CC(=O)OC(C)N(c1ccccc1)C(C)S(=O)(=O)O. The molecule has 1 aromatic carbocycles. The van der Waals surface area contributed by atoms with E-state index in [-0.39, 0.29) is 0 Å². The summed E-state index contributed by atoms with van der Waals surface area (Å²) in [5.41, 5.74) is 0.529. The Balaban J connectivity index is 3.15. The standard InChI is InChI=1S/C12H17NO5S/c1-9(18-11(3)14)13(10(2)19(15,16)17)12-7-5-4-6-8-12/h4-10H,1-3H3,(H,15,16,17). The van der Waals surface area contributed by atoms with Gasteiger partial charge in [-0.1, -0.05) is 18.2 Å². The number of nitrogens with zero attached hydrogens (tertiary/aromatic N) is 1. The number of ether oxygens (including phenoxy) is 1. The second-order valence-corrected chi connectivity index (χ2v) is 5.78. The van der Waals surface area contributed by atoms with Crippen molar-refractivity contribution >= 4 is 21.8 Å². The van der Waals surface area contributed by atoms with E-state index in [1.165, 1.54) is 25.7 Å². The zero-order valence-electron chi connectivity index (χ0n) is 11.0. The Morgan fingerprint density at radius 1 is 1.26 bits per heavy atom. The lowest BCUT2D eigenvalue weighted by molar-refractivity contribution is -0.145. The van der Waals surface area contributed by atoms with E-state index >= 15 is 0 Å². The first-order valence-corrected chi connectivity index (χ1v) is 7.20. The molecule has 0 radical (unpaired) electrons. The van der Waals surface area contributed by atoms with Crippen molar-refractivity contribution in [1.29, 1.82) is 0 Å². The summed E-state index contributed by atoms with van der Waals surface area (Å²) < 4.78 is 36.8. The number of rotatable bonds is 5. The molecule has 0 spiro atoms. The lowest BCUT2D eigenvalue weighted by Gasteiger charge is -2.33. The van der Waals surface area contributed by atoms with Crippen molar-refractivity contribution in [2.75, 3.05) is 4.90 Å². The highest BCUT2D eigenvalue weighted by atomic mass is 32.2. The minimum absolute atomic E-state index is 0.529. The van der Waals surface area contributed by atoms with Gasteiger partial charge in [0.25, 0.3) is 10.1 Å². The average Bonchev–Trinajstić information content (AvgIpc) is 2.28. The fourth-order valence-electron chi connectivity index (χ4n) is 1.76. The van der Waals surface area contributed by atoms with Gasteiger partial charge >= 0.3 is 5.97 Å². The number of carbonyl (C=O) groups is 1. The van der Waals surface area contributed by atoms with Crippen molar-refractivity contribution in [3.05, 3.63) is 30.3 Å². The number of benzene rings is 1. The highest BCUT2D eigenvalue weighted by Crippen LogP contribution is 2.22. The zero-order chi connectivity index (χ0) is 14.6. The number of hydrogen-bond donors (Lipinski definition) is 1. The Morgan fingerprint density at radius 3 is 2.21 bits per heavy atom. The van der Waals surface area contributed by atoms with Crippen LogP contribution in [0.1, 0.15) is 20.8 Å². The van der Waals surface area contributed by atoms with Gasteiger partial charge in [0.1, 0.15) is 0 Å². The van der Waals surface area contributed by atoms with Crippen LogP contribution in [0.4, 0.5) is 5.69 Å². The molecular formula is C12H17NO5S. The number of carbonyl (C=O) groups excluding carboxylic acids is 1. The molecule has 2 unspecified atom stereocenters. The Labute approximate surface area is 112 Å². The summed E-state index contributed by atoms with van der Waals surface area (Å²) in [5.74, 6) is -0.532. The zero-order valence-corrected chi connectivity index (χ0v) is 11.8. The third-order valence-electron chi connectivity index (χ3n) is 2.61. The molecule has 2 atom stereocenters. The van der Waals surface area contributed by atoms with E-state index in [2.05, 4.69) is 0 Å². The number of para-hydroxylation sites is 1. The summed E-state index contributed by atoms with van der Waals surface area (Å²) >= 11 is 0. The van der Waals surface area contributed by atoms with Crippen LogP contribution in [0.5, 0.6) is 0 Å². The van der Waals surface area contributed by atoms with Crippen molar-refractivity contribution in [2.45, 2.75) is 32.4 Å². The molecule has 0 fully saturated rings. The summed E-state index contributed by atoms with van der Waals surface area (Å²) in [7, 11) is -4.30. The lowest BCUT2D eigenvalue weighted by atomic mass is 10.3. The van der Waals surface area contributed by atoms with Crippen LogP contribution in [-0.2, 0) is 19.6 Å². The molecule has 0 bridgehead atoms. The van der Waals surface area contributed by atoms with Crippen LogP contribution in [0, 0.1) is 0 Å². The summed E-state index contributed by atoms with van der Waals surface area (Å²) in [4.78, 5) is 12.3. The smallest absolute Gasteiger partial charge is 0.304 e. The minimum Gasteiger partial charge on any atom is -0.442 e. The van der Waals surface area contributed by atoms with Gasteiger partial charge in [0.2, 0.25) is 0 Å². The first-order chi connectivity index (χ1) is 8.73. The molecule has 0 saturated heterocycles. The summed E-state index contributed by atoms with van der Waals surface area (Å²) in [6.45, 7) is 4.09. The number of anilines is 1. The normalized spacial score (nSPS) is 14.5. The van der Waals surface area contributed by atoms with Crippen LogP contribution in [0.3, 0.4) is 0 Å². The minimum atomic E-state index is -4.30. The maximum absolute atomic E-state index is 11.3. The van der Waals surface area contributed by atoms with Gasteiger partial charge in [-0.05, 0) is 26.0 Å². The van der Waals surface area contributed by atoms with E-state index in [0.717, 1.165) is 0 Å². The van der Waals surface area contributed by atoms with E-state index in [0.29, 0.717) is 5.69 Å². The van der Waals surface area contributed by atoms with Crippen LogP contribution in [-0.4, -0.2) is 30.5 Å². The van der Waals surface area contributed by atoms with E-state index in [1.807, 2.05) is 0 Å². The Morgan fingerprint density at radius 2 is 1.79 bits per heavy atom. The molecule has 0 amide bonds. The third-order valence-corrected chi connectivity index (χ3v) is 3.69. The highest BCUT2D eigenvalue weighted by molar-refractivity contribution is 7.86. The monoisotopic (exact) mass is 287 g/mol. The van der Waals surface area contributed by atoms with Gasteiger partial charge in [-0.25, -0.2) is 0 Å². The van der Waals surface area contributed by atoms with Crippen LogP contribution in [0.15, 0.2) is 30.3 Å². The molecule has 106 valence electrons. The van der Waals surface area contributed by atoms with Gasteiger partial charge in [0, 0.05) is 12.6 Å². The van der Waals surface area contributed by atoms with E-state index in [1.54, 1.807) is 30.3 Å². The average molecular weight is 287 g/mol. The fourth-order valence-corrected chi connectivity index (χ4v) is 2.34. The van der Waals surface area contributed by atoms with Gasteiger partial charge in [0.05, 0.1) is 0 Å². The van der Waals surface area contributed by atoms with Gasteiger partial charge < -0.3 is 9.64 Å². The molecule has 19 heavy (non-hydrogen) atoms. The van der Waals surface area contributed by atoms with Crippen molar-refractivity contribution in [3.63, 3.8) is 0 Å². The fraction of sp³-hybridized carbons (Fsp3) is 0.417. The van der Waals surface area contributed by atoms with Crippen LogP contribution >= 0.6 is 0 Å². The summed E-state index contributed by atoms with van der Waals surface area (Å²) in [5, 5.41) is -1.23. The van der Waals surface area contributed by atoms with Gasteiger partial charge in [-0.2, -0.15) is 8.42 Å². The Hall–Kier alpha value is -1.60. The topological polar surface area (TPSA) is 83.9 Å².